The van der Waals surface area contributed by atoms with Crippen LogP contribution in [0.1, 0.15) is 10.4 Å². The standard InChI is InChI=1S/C22H13Br3N2O/c23-14-7-5-13(6-8-14)21-12-17(16-3-1-2-4-19(16)26-21)22(28)27-20-10-9-15(24)11-18(20)25/h1-12H,(H,27,28). The van der Waals surface area contributed by atoms with Crippen LogP contribution in [0, 0.1) is 0 Å². The van der Waals surface area contributed by atoms with E-state index in [0.29, 0.717) is 11.3 Å². The van der Waals surface area contributed by atoms with Gasteiger partial charge in [0.15, 0.2) is 0 Å². The topological polar surface area (TPSA) is 42.0 Å². The molecule has 0 saturated carbocycles. The number of carbonyl (C=O) groups excluding carboxylic acids is 1. The molecule has 1 heterocycles. The minimum atomic E-state index is -0.181. The second-order valence-electron chi connectivity index (χ2n) is 6.16. The molecular formula is C22H13Br3N2O. The van der Waals surface area contributed by atoms with Crippen molar-refractivity contribution in [1.29, 1.82) is 0 Å². The molecule has 28 heavy (non-hydrogen) atoms. The number of anilines is 1. The molecule has 0 saturated heterocycles. The molecule has 0 radical (unpaired) electrons. The first kappa shape index (κ1) is 19.3. The molecule has 4 aromatic rings. The molecule has 0 aliphatic rings. The molecular weight excluding hydrogens is 548 g/mol. The number of hydrogen-bond acceptors (Lipinski definition) is 2. The van der Waals surface area contributed by atoms with Crippen LogP contribution in [0.4, 0.5) is 5.69 Å². The molecule has 0 bridgehead atoms. The van der Waals surface area contributed by atoms with Gasteiger partial charge in [-0.3, -0.25) is 4.79 Å². The van der Waals surface area contributed by atoms with E-state index < -0.39 is 0 Å². The maximum atomic E-state index is 13.1. The zero-order valence-electron chi connectivity index (χ0n) is 14.4. The lowest BCUT2D eigenvalue weighted by Gasteiger charge is -2.12. The third-order valence-corrected chi connectivity index (χ3v) is 5.96. The van der Waals surface area contributed by atoms with Gasteiger partial charge >= 0.3 is 0 Å². The lowest BCUT2D eigenvalue weighted by atomic mass is 10.0. The Hall–Kier alpha value is -2.02. The number of pyridine rings is 1. The summed E-state index contributed by atoms with van der Waals surface area (Å²) in [6.45, 7) is 0. The van der Waals surface area contributed by atoms with Crippen molar-refractivity contribution in [1.82, 2.24) is 4.98 Å². The normalized spacial score (nSPS) is 10.8. The first-order valence-electron chi connectivity index (χ1n) is 8.43. The van der Waals surface area contributed by atoms with E-state index in [-0.39, 0.29) is 5.91 Å². The number of nitrogens with zero attached hydrogens (tertiary/aromatic N) is 1. The van der Waals surface area contributed by atoms with E-state index in [1.54, 1.807) is 0 Å². The molecule has 0 atom stereocenters. The molecule has 0 unspecified atom stereocenters. The van der Waals surface area contributed by atoms with Crippen molar-refractivity contribution in [2.45, 2.75) is 0 Å². The monoisotopic (exact) mass is 558 g/mol. The van der Waals surface area contributed by atoms with E-state index in [9.17, 15) is 4.79 Å². The Labute approximate surface area is 187 Å². The number of aromatic nitrogens is 1. The van der Waals surface area contributed by atoms with E-state index in [2.05, 4.69) is 53.1 Å². The van der Waals surface area contributed by atoms with E-state index in [0.717, 1.165) is 35.6 Å². The second-order valence-corrected chi connectivity index (χ2v) is 8.84. The molecule has 0 aliphatic heterocycles. The van der Waals surface area contributed by atoms with Crippen LogP contribution in [-0.2, 0) is 0 Å². The highest BCUT2D eigenvalue weighted by molar-refractivity contribution is 9.11. The summed E-state index contributed by atoms with van der Waals surface area (Å²) in [5.41, 5.74) is 3.78. The number of nitrogens with one attached hydrogen (secondary N) is 1. The maximum absolute atomic E-state index is 13.1. The summed E-state index contributed by atoms with van der Waals surface area (Å²) < 4.78 is 2.74. The Bertz CT molecular complexity index is 1190. The first-order chi connectivity index (χ1) is 13.5. The van der Waals surface area contributed by atoms with Crippen LogP contribution in [0.15, 0.2) is 86.2 Å². The van der Waals surface area contributed by atoms with Gasteiger partial charge in [-0.2, -0.15) is 0 Å². The van der Waals surface area contributed by atoms with E-state index >= 15 is 0 Å². The Kier molecular flexibility index (Phi) is 5.62. The highest BCUT2D eigenvalue weighted by Gasteiger charge is 2.15. The van der Waals surface area contributed by atoms with Gasteiger partial charge in [-0.05, 0) is 58.4 Å². The van der Waals surface area contributed by atoms with Gasteiger partial charge in [0, 0.05) is 24.4 Å². The quantitative estimate of drug-likeness (QED) is 0.283. The van der Waals surface area contributed by atoms with Gasteiger partial charge in [0.25, 0.3) is 5.91 Å². The minimum Gasteiger partial charge on any atom is -0.321 e. The summed E-state index contributed by atoms with van der Waals surface area (Å²) in [5.74, 6) is -0.181. The van der Waals surface area contributed by atoms with Crippen LogP contribution in [0.2, 0.25) is 0 Å². The average molecular weight is 561 g/mol. The number of amides is 1. The van der Waals surface area contributed by atoms with Crippen molar-refractivity contribution in [3.05, 3.63) is 91.8 Å². The predicted molar refractivity (Wildman–Crippen MR) is 125 cm³/mol. The summed E-state index contributed by atoms with van der Waals surface area (Å²) in [6, 6.07) is 23.0. The van der Waals surface area contributed by atoms with Crippen molar-refractivity contribution in [3.8, 4) is 11.3 Å². The molecule has 6 heteroatoms. The van der Waals surface area contributed by atoms with Crippen molar-refractivity contribution in [2.24, 2.45) is 0 Å². The zero-order chi connectivity index (χ0) is 19.7. The number of halogens is 3. The number of rotatable bonds is 3. The fourth-order valence-electron chi connectivity index (χ4n) is 2.91. The number of carbonyl (C=O) groups is 1. The van der Waals surface area contributed by atoms with Crippen LogP contribution in [0.25, 0.3) is 22.2 Å². The average Bonchev–Trinajstić information content (AvgIpc) is 2.69. The molecule has 1 N–H and O–H groups in total. The molecule has 3 aromatic carbocycles. The third kappa shape index (κ3) is 4.04. The van der Waals surface area contributed by atoms with E-state index in [4.69, 9.17) is 4.98 Å². The fraction of sp³-hybridized carbons (Fsp3) is 0. The van der Waals surface area contributed by atoms with Gasteiger partial charge in [0.1, 0.15) is 0 Å². The lowest BCUT2D eigenvalue weighted by molar-refractivity contribution is 0.102. The van der Waals surface area contributed by atoms with Crippen LogP contribution in [-0.4, -0.2) is 10.9 Å². The van der Waals surface area contributed by atoms with E-state index in [1.165, 1.54) is 0 Å². The van der Waals surface area contributed by atoms with Gasteiger partial charge in [0.2, 0.25) is 0 Å². The Morgan fingerprint density at radius 3 is 2.29 bits per heavy atom. The van der Waals surface area contributed by atoms with Crippen molar-refractivity contribution in [3.63, 3.8) is 0 Å². The fourth-order valence-corrected chi connectivity index (χ4v) is 4.32. The molecule has 4 rings (SSSR count). The first-order valence-corrected chi connectivity index (χ1v) is 10.8. The van der Waals surface area contributed by atoms with Crippen molar-refractivity contribution >= 4 is 70.3 Å². The summed E-state index contributed by atoms with van der Waals surface area (Å²) in [7, 11) is 0. The minimum absolute atomic E-state index is 0.181. The van der Waals surface area contributed by atoms with Crippen LogP contribution in [0.3, 0.4) is 0 Å². The van der Waals surface area contributed by atoms with Crippen LogP contribution >= 0.6 is 47.8 Å². The summed E-state index contributed by atoms with van der Waals surface area (Å²) >= 11 is 10.4. The Balaban J connectivity index is 1.80. The van der Waals surface area contributed by atoms with E-state index in [1.807, 2.05) is 72.8 Å². The Morgan fingerprint density at radius 1 is 0.821 bits per heavy atom. The SMILES string of the molecule is O=C(Nc1ccc(Br)cc1Br)c1cc(-c2ccc(Br)cc2)nc2ccccc12. The number of para-hydroxylation sites is 1. The predicted octanol–water partition coefficient (Wildman–Crippen LogP) is 7.44. The number of benzene rings is 3. The van der Waals surface area contributed by atoms with Gasteiger partial charge in [-0.1, -0.05) is 62.2 Å². The van der Waals surface area contributed by atoms with Gasteiger partial charge in [-0.25, -0.2) is 4.98 Å². The highest BCUT2D eigenvalue weighted by atomic mass is 79.9. The van der Waals surface area contributed by atoms with Gasteiger partial charge < -0.3 is 5.32 Å². The van der Waals surface area contributed by atoms with Crippen molar-refractivity contribution in [2.75, 3.05) is 5.32 Å². The molecule has 3 nitrogen and oxygen atoms in total. The molecule has 0 spiro atoms. The number of fused-ring (bicyclic) bond motifs is 1. The smallest absolute Gasteiger partial charge is 0.256 e. The largest absolute Gasteiger partial charge is 0.321 e. The molecule has 1 aromatic heterocycles. The highest BCUT2D eigenvalue weighted by Crippen LogP contribution is 2.29. The van der Waals surface area contributed by atoms with Gasteiger partial charge in [-0.15, -0.1) is 0 Å². The lowest BCUT2D eigenvalue weighted by Crippen LogP contribution is -2.13. The zero-order valence-corrected chi connectivity index (χ0v) is 19.2. The van der Waals surface area contributed by atoms with Crippen LogP contribution < -0.4 is 5.32 Å². The van der Waals surface area contributed by atoms with Crippen LogP contribution in [0.5, 0.6) is 0 Å². The molecule has 0 fully saturated rings. The molecule has 0 aliphatic carbocycles. The third-order valence-electron chi connectivity index (χ3n) is 4.28. The molecule has 138 valence electrons. The van der Waals surface area contributed by atoms with Gasteiger partial charge in [0.05, 0.1) is 22.5 Å². The summed E-state index contributed by atoms with van der Waals surface area (Å²) in [4.78, 5) is 17.9. The summed E-state index contributed by atoms with van der Waals surface area (Å²) in [5, 5.41) is 3.81. The van der Waals surface area contributed by atoms with Crippen molar-refractivity contribution < 1.29 is 4.79 Å². The Morgan fingerprint density at radius 2 is 1.54 bits per heavy atom. The summed E-state index contributed by atoms with van der Waals surface area (Å²) in [6.07, 6.45) is 0. The second kappa shape index (κ2) is 8.15. The molecule has 1 amide bonds. The number of hydrogen-bond donors (Lipinski definition) is 1. The maximum Gasteiger partial charge on any atom is 0.256 e.